The molecule has 0 radical (unpaired) electrons. The molecule has 0 unspecified atom stereocenters. The first-order valence-electron chi connectivity index (χ1n) is 5.02. The lowest BCUT2D eigenvalue weighted by Crippen LogP contribution is -2.15. The number of rotatable bonds is 4. The highest BCUT2D eigenvalue weighted by Crippen LogP contribution is 2.14. The molecule has 0 spiro atoms. The van der Waals surface area contributed by atoms with E-state index in [0.717, 1.165) is 0 Å². The Morgan fingerprint density at radius 3 is 2.39 bits per heavy atom. The molecule has 0 saturated heterocycles. The molecule has 8 heteroatoms. The van der Waals surface area contributed by atoms with Crippen LogP contribution in [0.2, 0.25) is 0 Å². The van der Waals surface area contributed by atoms with Crippen LogP contribution in [0.5, 0.6) is 5.88 Å². The first-order chi connectivity index (χ1) is 8.46. The number of aromatic hydroxyl groups is 1. The Morgan fingerprint density at radius 2 is 1.83 bits per heavy atom. The highest BCUT2D eigenvalue weighted by Gasteiger charge is 2.16. The monoisotopic (exact) mass is 269 g/mol. The quantitative estimate of drug-likeness (QED) is 0.641. The molecule has 1 heterocycles. The summed E-state index contributed by atoms with van der Waals surface area (Å²) in [5, 5.41) is 9.28. The standard InChI is InChI=1S/C10H11N3O4S/c14-9-8(11-10(15)12-9)6-18(16,17)13-7-4-2-1-3-5-7/h1-5,13-14H,6H2,(H2,11,12,15). The second kappa shape index (κ2) is 4.57. The minimum Gasteiger partial charge on any atom is -0.493 e. The van der Waals surface area contributed by atoms with Crippen LogP contribution >= 0.6 is 0 Å². The topological polar surface area (TPSA) is 115 Å². The van der Waals surface area contributed by atoms with Crippen LogP contribution in [0.1, 0.15) is 5.69 Å². The van der Waals surface area contributed by atoms with E-state index in [1.165, 1.54) is 0 Å². The Hall–Kier alpha value is -2.22. The maximum Gasteiger partial charge on any atom is 0.325 e. The van der Waals surface area contributed by atoms with Gasteiger partial charge in [-0.15, -0.1) is 0 Å². The van der Waals surface area contributed by atoms with E-state index < -0.39 is 27.3 Å². The minimum absolute atomic E-state index is 0.0802. The lowest BCUT2D eigenvalue weighted by atomic mass is 10.3. The van der Waals surface area contributed by atoms with Gasteiger partial charge in [0.2, 0.25) is 15.9 Å². The van der Waals surface area contributed by atoms with Crippen LogP contribution in [0.4, 0.5) is 5.69 Å². The Labute approximate surface area is 103 Å². The number of hydrogen-bond acceptors (Lipinski definition) is 4. The summed E-state index contributed by atoms with van der Waals surface area (Å²) in [5.74, 6) is -0.995. The SMILES string of the molecule is O=c1[nH]c(O)c(CS(=O)(=O)Nc2ccccc2)[nH]1. The van der Waals surface area contributed by atoms with Crippen molar-refractivity contribution in [2.45, 2.75) is 5.75 Å². The molecule has 0 aliphatic rings. The van der Waals surface area contributed by atoms with Crippen molar-refractivity contribution in [2.24, 2.45) is 0 Å². The van der Waals surface area contributed by atoms with Gasteiger partial charge in [-0.2, -0.15) is 0 Å². The minimum atomic E-state index is -3.70. The molecule has 2 aromatic rings. The largest absolute Gasteiger partial charge is 0.493 e. The van der Waals surface area contributed by atoms with Gasteiger partial charge in [-0.3, -0.25) is 9.71 Å². The second-order valence-electron chi connectivity index (χ2n) is 3.63. The molecule has 0 amide bonds. The number of imidazole rings is 1. The Kier molecular flexibility index (Phi) is 3.11. The van der Waals surface area contributed by atoms with Crippen molar-refractivity contribution in [3.8, 4) is 5.88 Å². The van der Waals surface area contributed by atoms with Gasteiger partial charge in [-0.05, 0) is 12.1 Å². The molecule has 1 aromatic carbocycles. The summed E-state index contributed by atoms with van der Waals surface area (Å²) < 4.78 is 25.9. The smallest absolute Gasteiger partial charge is 0.325 e. The molecule has 0 atom stereocenters. The number of H-pyrrole nitrogens is 2. The number of benzene rings is 1. The molecule has 0 bridgehead atoms. The highest BCUT2D eigenvalue weighted by molar-refractivity contribution is 7.91. The van der Waals surface area contributed by atoms with Crippen LogP contribution in [0.25, 0.3) is 0 Å². The summed E-state index contributed by atoms with van der Waals surface area (Å²) in [4.78, 5) is 15.1. The van der Waals surface area contributed by atoms with Gasteiger partial charge in [0.15, 0.2) is 0 Å². The van der Waals surface area contributed by atoms with Gasteiger partial charge in [-0.1, -0.05) is 18.2 Å². The summed E-state index contributed by atoms with van der Waals surface area (Å²) in [6.45, 7) is 0. The van der Waals surface area contributed by atoms with E-state index in [0.29, 0.717) is 5.69 Å². The molecule has 96 valence electrons. The number of aromatic amines is 2. The van der Waals surface area contributed by atoms with Crippen LogP contribution in [-0.2, 0) is 15.8 Å². The van der Waals surface area contributed by atoms with Crippen molar-refractivity contribution in [1.29, 1.82) is 0 Å². The van der Waals surface area contributed by atoms with E-state index in [9.17, 15) is 18.3 Å². The van der Waals surface area contributed by atoms with E-state index >= 15 is 0 Å². The number of sulfonamides is 1. The van der Waals surface area contributed by atoms with Crippen molar-refractivity contribution in [3.63, 3.8) is 0 Å². The van der Waals surface area contributed by atoms with Crippen molar-refractivity contribution in [1.82, 2.24) is 9.97 Å². The van der Waals surface area contributed by atoms with Gasteiger partial charge >= 0.3 is 5.69 Å². The van der Waals surface area contributed by atoms with E-state index in [1.807, 2.05) is 4.98 Å². The van der Waals surface area contributed by atoms with Crippen molar-refractivity contribution >= 4 is 15.7 Å². The van der Waals surface area contributed by atoms with Crippen molar-refractivity contribution in [2.75, 3.05) is 4.72 Å². The average Bonchev–Trinajstić information content (AvgIpc) is 2.57. The van der Waals surface area contributed by atoms with Gasteiger partial charge < -0.3 is 10.1 Å². The molecule has 18 heavy (non-hydrogen) atoms. The van der Waals surface area contributed by atoms with Crippen molar-refractivity contribution < 1.29 is 13.5 Å². The Balaban J connectivity index is 2.18. The molecule has 4 N–H and O–H groups in total. The lowest BCUT2D eigenvalue weighted by Gasteiger charge is -2.06. The summed E-state index contributed by atoms with van der Waals surface area (Å²) in [7, 11) is -3.70. The predicted molar refractivity (Wildman–Crippen MR) is 65.8 cm³/mol. The molecule has 0 fully saturated rings. The van der Waals surface area contributed by atoms with E-state index in [2.05, 4.69) is 9.71 Å². The maximum absolute atomic E-state index is 11.8. The Bertz CT molecular complexity index is 687. The third-order valence-corrected chi connectivity index (χ3v) is 3.38. The third-order valence-electron chi connectivity index (χ3n) is 2.16. The third kappa shape index (κ3) is 2.92. The fraction of sp³-hybridized carbons (Fsp3) is 0.100. The molecule has 0 saturated carbocycles. The summed E-state index contributed by atoms with van der Waals surface area (Å²) in [6.07, 6.45) is 0. The number of aromatic nitrogens is 2. The first kappa shape index (κ1) is 12.2. The van der Waals surface area contributed by atoms with Crippen LogP contribution in [0.15, 0.2) is 35.1 Å². The lowest BCUT2D eigenvalue weighted by molar-refractivity contribution is 0.450. The summed E-state index contributed by atoms with van der Waals surface area (Å²) in [6, 6.07) is 8.32. The van der Waals surface area contributed by atoms with E-state index in [-0.39, 0.29) is 5.69 Å². The summed E-state index contributed by atoms with van der Waals surface area (Å²) in [5.41, 5.74) is -0.323. The van der Waals surface area contributed by atoms with Gasteiger partial charge in [0, 0.05) is 5.69 Å². The second-order valence-corrected chi connectivity index (χ2v) is 5.36. The number of hydrogen-bond donors (Lipinski definition) is 4. The molecule has 0 aliphatic carbocycles. The zero-order valence-electron chi connectivity index (χ0n) is 9.17. The summed E-state index contributed by atoms with van der Waals surface area (Å²) >= 11 is 0. The van der Waals surface area contributed by atoms with Crippen LogP contribution in [-0.4, -0.2) is 23.5 Å². The predicted octanol–water partition coefficient (Wildman–Crippen LogP) is 0.350. The number of nitrogens with one attached hydrogen (secondary N) is 3. The zero-order chi connectivity index (χ0) is 13.2. The van der Waals surface area contributed by atoms with Gasteiger partial charge in [0.25, 0.3) is 0 Å². The fourth-order valence-corrected chi connectivity index (χ4v) is 2.58. The molecular weight excluding hydrogens is 258 g/mol. The maximum atomic E-state index is 11.8. The van der Waals surface area contributed by atoms with Crippen LogP contribution in [0, 0.1) is 0 Å². The van der Waals surface area contributed by atoms with Gasteiger partial charge in [0.05, 0.1) is 5.69 Å². The van der Waals surface area contributed by atoms with E-state index in [1.54, 1.807) is 30.3 Å². The van der Waals surface area contributed by atoms with Crippen molar-refractivity contribution in [3.05, 3.63) is 46.5 Å². The zero-order valence-corrected chi connectivity index (χ0v) is 9.99. The molecule has 2 rings (SSSR count). The highest BCUT2D eigenvalue weighted by atomic mass is 32.2. The van der Waals surface area contributed by atoms with E-state index in [4.69, 9.17) is 0 Å². The average molecular weight is 269 g/mol. The number of para-hydroxylation sites is 1. The molecular formula is C10H11N3O4S. The molecule has 7 nitrogen and oxygen atoms in total. The molecule has 0 aliphatic heterocycles. The van der Waals surface area contributed by atoms with Gasteiger partial charge in [0.1, 0.15) is 5.75 Å². The Morgan fingerprint density at radius 1 is 1.17 bits per heavy atom. The van der Waals surface area contributed by atoms with Gasteiger partial charge in [-0.25, -0.2) is 13.2 Å². The first-order valence-corrected chi connectivity index (χ1v) is 6.67. The molecule has 1 aromatic heterocycles. The fourth-order valence-electron chi connectivity index (χ4n) is 1.43. The van der Waals surface area contributed by atoms with Crippen LogP contribution in [0.3, 0.4) is 0 Å². The normalized spacial score (nSPS) is 11.3. The van der Waals surface area contributed by atoms with Crippen LogP contribution < -0.4 is 10.4 Å². The number of anilines is 1.